The molecule has 130 valence electrons. The van der Waals surface area contributed by atoms with Gasteiger partial charge in [0.1, 0.15) is 0 Å². The van der Waals surface area contributed by atoms with Crippen LogP contribution in [0.4, 0.5) is 0 Å². The minimum absolute atomic E-state index is 0.370. The highest BCUT2D eigenvalue weighted by molar-refractivity contribution is 4.86. The molecule has 0 radical (unpaired) electrons. The summed E-state index contributed by atoms with van der Waals surface area (Å²) < 4.78 is 11.6. The summed E-state index contributed by atoms with van der Waals surface area (Å²) in [5.74, 6) is 2.54. The molecule has 0 N–H and O–H groups in total. The predicted molar refractivity (Wildman–Crippen MR) is 92.1 cm³/mol. The van der Waals surface area contributed by atoms with Crippen LogP contribution in [-0.2, 0) is 9.47 Å². The lowest BCUT2D eigenvalue weighted by molar-refractivity contribution is -0.0709. The van der Waals surface area contributed by atoms with Gasteiger partial charge >= 0.3 is 0 Å². The second-order valence-corrected chi connectivity index (χ2v) is 8.14. The topological polar surface area (TPSA) is 21.7 Å². The average molecular weight is 312 g/mol. The molecule has 22 heavy (non-hydrogen) atoms. The zero-order valence-electron chi connectivity index (χ0n) is 15.4. The van der Waals surface area contributed by atoms with Gasteiger partial charge in [0.25, 0.3) is 0 Å². The standard InChI is InChI=1S/C19H37NO2/c1-14(2)21-9-7-18-6-8-20(12-16(18)5)13-17-10-19(11-17)22-15(3)4/h14-19H,6-13H2,1-5H3/t16-,17?,18+,19?/m1/s1. The van der Waals surface area contributed by atoms with Gasteiger partial charge < -0.3 is 14.4 Å². The molecule has 3 nitrogen and oxygen atoms in total. The van der Waals surface area contributed by atoms with Gasteiger partial charge in [0.2, 0.25) is 0 Å². The number of rotatable bonds is 8. The highest BCUT2D eigenvalue weighted by Crippen LogP contribution is 2.34. The van der Waals surface area contributed by atoms with Crippen LogP contribution in [0.3, 0.4) is 0 Å². The summed E-state index contributed by atoms with van der Waals surface area (Å²) in [4.78, 5) is 2.70. The van der Waals surface area contributed by atoms with Gasteiger partial charge in [-0.1, -0.05) is 6.92 Å². The fourth-order valence-corrected chi connectivity index (χ4v) is 4.02. The predicted octanol–water partition coefficient (Wildman–Crippen LogP) is 3.96. The lowest BCUT2D eigenvalue weighted by atomic mass is 9.80. The summed E-state index contributed by atoms with van der Waals surface area (Å²) in [6, 6.07) is 0. The number of piperidine rings is 1. The number of ether oxygens (including phenoxy) is 2. The molecule has 2 rings (SSSR count). The van der Waals surface area contributed by atoms with E-state index in [0.29, 0.717) is 18.3 Å². The lowest BCUT2D eigenvalue weighted by Crippen LogP contribution is -2.46. The quantitative estimate of drug-likeness (QED) is 0.677. The normalized spacial score (nSPS) is 33.4. The van der Waals surface area contributed by atoms with Crippen molar-refractivity contribution < 1.29 is 9.47 Å². The summed E-state index contributed by atoms with van der Waals surface area (Å²) >= 11 is 0. The maximum Gasteiger partial charge on any atom is 0.0584 e. The molecule has 2 atom stereocenters. The van der Waals surface area contributed by atoms with E-state index in [1.807, 2.05) is 0 Å². The Kier molecular flexibility index (Phi) is 7.17. The molecule has 1 saturated heterocycles. The molecule has 0 unspecified atom stereocenters. The monoisotopic (exact) mass is 311 g/mol. The number of hydrogen-bond acceptors (Lipinski definition) is 3. The van der Waals surface area contributed by atoms with Crippen molar-refractivity contribution in [1.29, 1.82) is 0 Å². The highest BCUT2D eigenvalue weighted by Gasteiger charge is 2.34. The zero-order valence-corrected chi connectivity index (χ0v) is 15.4. The zero-order chi connectivity index (χ0) is 16.1. The third kappa shape index (κ3) is 5.82. The van der Waals surface area contributed by atoms with E-state index in [2.05, 4.69) is 39.5 Å². The van der Waals surface area contributed by atoms with Gasteiger partial charge in [0.05, 0.1) is 18.3 Å². The fourth-order valence-electron chi connectivity index (χ4n) is 4.02. The van der Waals surface area contributed by atoms with Gasteiger partial charge in [-0.05, 0) is 77.7 Å². The van der Waals surface area contributed by atoms with Gasteiger partial charge in [0, 0.05) is 19.7 Å². The lowest BCUT2D eigenvalue weighted by Gasteiger charge is -2.43. The summed E-state index contributed by atoms with van der Waals surface area (Å²) in [5.41, 5.74) is 0. The molecule has 3 heteroatoms. The van der Waals surface area contributed by atoms with Crippen LogP contribution >= 0.6 is 0 Å². The van der Waals surface area contributed by atoms with Gasteiger partial charge in [-0.2, -0.15) is 0 Å². The fraction of sp³-hybridized carbons (Fsp3) is 1.00. The largest absolute Gasteiger partial charge is 0.379 e. The first-order valence-electron chi connectivity index (χ1n) is 9.43. The van der Waals surface area contributed by atoms with Crippen molar-refractivity contribution in [3.63, 3.8) is 0 Å². The molecule has 2 aliphatic rings. The molecular weight excluding hydrogens is 274 g/mol. The Labute approximate surface area is 137 Å². The van der Waals surface area contributed by atoms with Crippen LogP contribution in [-0.4, -0.2) is 49.5 Å². The Balaban J connectivity index is 1.60. The second-order valence-electron chi connectivity index (χ2n) is 8.14. The van der Waals surface area contributed by atoms with Gasteiger partial charge in [-0.25, -0.2) is 0 Å². The Bertz CT molecular complexity index is 313. The molecule has 0 aromatic rings. The van der Waals surface area contributed by atoms with Crippen LogP contribution in [0, 0.1) is 17.8 Å². The first kappa shape index (κ1) is 18.2. The molecule has 0 bridgehead atoms. The minimum Gasteiger partial charge on any atom is -0.379 e. The Hall–Kier alpha value is -0.120. The van der Waals surface area contributed by atoms with Crippen molar-refractivity contribution in [3.8, 4) is 0 Å². The molecule has 0 aromatic heterocycles. The van der Waals surface area contributed by atoms with Crippen LogP contribution in [0.1, 0.15) is 60.3 Å². The smallest absolute Gasteiger partial charge is 0.0584 e. The summed E-state index contributed by atoms with van der Waals surface area (Å²) in [6.07, 6.45) is 6.42. The molecule has 0 spiro atoms. The van der Waals surface area contributed by atoms with Gasteiger partial charge in [-0.3, -0.25) is 0 Å². The first-order chi connectivity index (χ1) is 10.4. The van der Waals surface area contributed by atoms with E-state index in [1.54, 1.807) is 0 Å². The van der Waals surface area contributed by atoms with E-state index in [-0.39, 0.29) is 0 Å². The van der Waals surface area contributed by atoms with E-state index in [1.165, 1.54) is 45.3 Å². The molecule has 1 aliphatic carbocycles. The molecule has 1 aliphatic heterocycles. The molecule has 1 saturated carbocycles. The number of likely N-dealkylation sites (tertiary alicyclic amines) is 1. The van der Waals surface area contributed by atoms with Crippen molar-refractivity contribution in [1.82, 2.24) is 4.90 Å². The van der Waals surface area contributed by atoms with Crippen molar-refractivity contribution in [2.45, 2.75) is 78.6 Å². The summed E-state index contributed by atoms with van der Waals surface area (Å²) in [7, 11) is 0. The van der Waals surface area contributed by atoms with Crippen LogP contribution in [0.25, 0.3) is 0 Å². The first-order valence-corrected chi connectivity index (χ1v) is 9.43. The van der Waals surface area contributed by atoms with Crippen LogP contribution in [0.15, 0.2) is 0 Å². The molecule has 2 fully saturated rings. The molecule has 1 heterocycles. The van der Waals surface area contributed by atoms with E-state index < -0.39 is 0 Å². The third-order valence-electron chi connectivity index (χ3n) is 5.28. The number of nitrogens with zero attached hydrogens (tertiary/aromatic N) is 1. The highest BCUT2D eigenvalue weighted by atomic mass is 16.5. The second kappa shape index (κ2) is 8.65. The molecule has 0 aromatic carbocycles. The minimum atomic E-state index is 0.370. The van der Waals surface area contributed by atoms with Crippen molar-refractivity contribution in [2.24, 2.45) is 17.8 Å². The van der Waals surface area contributed by atoms with Crippen molar-refractivity contribution in [3.05, 3.63) is 0 Å². The van der Waals surface area contributed by atoms with Gasteiger partial charge in [-0.15, -0.1) is 0 Å². The van der Waals surface area contributed by atoms with Gasteiger partial charge in [0.15, 0.2) is 0 Å². The van der Waals surface area contributed by atoms with Crippen molar-refractivity contribution in [2.75, 3.05) is 26.2 Å². The van der Waals surface area contributed by atoms with Crippen LogP contribution in [0.2, 0.25) is 0 Å². The Morgan fingerprint density at radius 2 is 1.82 bits per heavy atom. The molecular formula is C19H37NO2. The van der Waals surface area contributed by atoms with E-state index >= 15 is 0 Å². The third-order valence-corrected chi connectivity index (χ3v) is 5.28. The Morgan fingerprint density at radius 1 is 1.09 bits per heavy atom. The Morgan fingerprint density at radius 3 is 2.41 bits per heavy atom. The van der Waals surface area contributed by atoms with E-state index in [4.69, 9.17) is 9.47 Å². The van der Waals surface area contributed by atoms with Crippen molar-refractivity contribution >= 4 is 0 Å². The summed E-state index contributed by atoms with van der Waals surface area (Å²) in [5, 5.41) is 0. The van der Waals surface area contributed by atoms with Crippen LogP contribution < -0.4 is 0 Å². The van der Waals surface area contributed by atoms with E-state index in [9.17, 15) is 0 Å². The number of hydrogen-bond donors (Lipinski definition) is 0. The SMILES string of the molecule is CC(C)OCC[C@@H]1CCN(CC2CC(OC(C)C)C2)C[C@H]1C. The maximum atomic E-state index is 5.87. The van der Waals surface area contributed by atoms with Crippen LogP contribution in [0.5, 0.6) is 0 Å². The maximum absolute atomic E-state index is 5.87. The molecule has 0 amide bonds. The average Bonchev–Trinajstić information content (AvgIpc) is 2.38. The van der Waals surface area contributed by atoms with E-state index in [0.717, 1.165) is 24.4 Å². The summed E-state index contributed by atoms with van der Waals surface area (Å²) in [6.45, 7) is 15.7.